The molecule has 2 aliphatic rings. The zero-order chi connectivity index (χ0) is 23.9. The lowest BCUT2D eigenvalue weighted by Crippen LogP contribution is -2.37. The predicted molar refractivity (Wildman–Crippen MR) is 134 cm³/mol. The van der Waals surface area contributed by atoms with Crippen molar-refractivity contribution in [2.75, 3.05) is 53.9 Å². The molecule has 3 heterocycles. The Morgan fingerprint density at radius 1 is 0.829 bits per heavy atom. The molecule has 0 atom stereocenters. The van der Waals surface area contributed by atoms with E-state index < -0.39 is 0 Å². The van der Waals surface area contributed by atoms with Crippen LogP contribution in [0.5, 0.6) is 23.0 Å². The van der Waals surface area contributed by atoms with Crippen LogP contribution in [0.25, 0.3) is 32.4 Å². The van der Waals surface area contributed by atoms with Crippen LogP contribution < -0.4 is 24.5 Å². The Hall–Kier alpha value is -3.49. The zero-order valence-corrected chi connectivity index (χ0v) is 20.0. The summed E-state index contributed by atoms with van der Waals surface area (Å²) in [6, 6.07) is 11.8. The molecule has 8 nitrogen and oxygen atoms in total. The monoisotopic (exact) mass is 476 g/mol. The minimum Gasteiger partial charge on any atom is -0.493 e. The molecule has 0 aliphatic carbocycles. The number of nitrogens with zero attached hydrogens (tertiary/aromatic N) is 2. The molecule has 182 valence electrons. The van der Waals surface area contributed by atoms with Crippen molar-refractivity contribution in [2.45, 2.75) is 13.0 Å². The van der Waals surface area contributed by atoms with Gasteiger partial charge in [-0.25, -0.2) is 0 Å². The van der Waals surface area contributed by atoms with Crippen molar-refractivity contribution in [1.29, 1.82) is 0 Å². The summed E-state index contributed by atoms with van der Waals surface area (Å²) < 4.78 is 29.7. The van der Waals surface area contributed by atoms with E-state index in [1.807, 2.05) is 22.8 Å². The first kappa shape index (κ1) is 22.0. The standard InChI is InChI=1S/C27H28N2O6/c1-31-22-14-20-18-5-4-17-12-24-25(35-16-34-24)13-19(17)26(18)29(27(30)21(20)15-23(22)32-2)7-3-6-28-8-10-33-11-9-28/h4-5,12-15H,3,6-11,16H2,1-2H3. The summed E-state index contributed by atoms with van der Waals surface area (Å²) >= 11 is 0. The van der Waals surface area contributed by atoms with E-state index in [-0.39, 0.29) is 12.4 Å². The summed E-state index contributed by atoms with van der Waals surface area (Å²) in [6.45, 7) is 5.10. The summed E-state index contributed by atoms with van der Waals surface area (Å²) in [4.78, 5) is 16.3. The van der Waals surface area contributed by atoms with Crippen molar-refractivity contribution in [3.63, 3.8) is 0 Å². The van der Waals surface area contributed by atoms with Crippen LogP contribution in [0, 0.1) is 0 Å². The average Bonchev–Trinajstić information content (AvgIpc) is 3.36. The molecule has 1 aromatic heterocycles. The lowest BCUT2D eigenvalue weighted by Gasteiger charge is -2.26. The van der Waals surface area contributed by atoms with Crippen LogP contribution in [0.3, 0.4) is 0 Å². The van der Waals surface area contributed by atoms with Gasteiger partial charge in [-0.15, -0.1) is 0 Å². The molecular formula is C27H28N2O6. The lowest BCUT2D eigenvalue weighted by atomic mass is 9.99. The molecule has 3 aromatic carbocycles. The Morgan fingerprint density at radius 3 is 2.29 bits per heavy atom. The molecular weight excluding hydrogens is 448 g/mol. The first-order valence-electron chi connectivity index (χ1n) is 11.9. The quantitative estimate of drug-likeness (QED) is 0.392. The zero-order valence-electron chi connectivity index (χ0n) is 20.0. The summed E-state index contributed by atoms with van der Waals surface area (Å²) in [6.07, 6.45) is 0.856. The predicted octanol–water partition coefficient (Wildman–Crippen LogP) is 3.78. The molecule has 6 rings (SSSR count). The van der Waals surface area contributed by atoms with Crippen molar-refractivity contribution >= 4 is 32.4 Å². The molecule has 0 N–H and O–H groups in total. The highest BCUT2D eigenvalue weighted by Crippen LogP contribution is 2.41. The highest BCUT2D eigenvalue weighted by molar-refractivity contribution is 6.16. The number of rotatable bonds is 6. The third kappa shape index (κ3) is 3.73. The van der Waals surface area contributed by atoms with Crippen molar-refractivity contribution < 1.29 is 23.7 Å². The first-order valence-corrected chi connectivity index (χ1v) is 11.9. The molecule has 0 spiro atoms. The topological polar surface area (TPSA) is 71.4 Å². The number of hydrogen-bond acceptors (Lipinski definition) is 7. The Labute approximate surface area is 202 Å². The first-order chi connectivity index (χ1) is 17.2. The Balaban J connectivity index is 1.57. The van der Waals surface area contributed by atoms with Gasteiger partial charge in [0.05, 0.1) is 38.3 Å². The molecule has 1 saturated heterocycles. The van der Waals surface area contributed by atoms with Crippen LogP contribution >= 0.6 is 0 Å². The average molecular weight is 477 g/mol. The molecule has 0 unspecified atom stereocenters. The van der Waals surface area contributed by atoms with Gasteiger partial charge in [-0.05, 0) is 36.1 Å². The maximum absolute atomic E-state index is 13.9. The summed E-state index contributed by atoms with van der Waals surface area (Å²) in [5.74, 6) is 2.56. The summed E-state index contributed by atoms with van der Waals surface area (Å²) in [5.41, 5.74) is 0.855. The van der Waals surface area contributed by atoms with Gasteiger partial charge < -0.3 is 28.3 Å². The Morgan fingerprint density at radius 2 is 1.54 bits per heavy atom. The number of methoxy groups -OCH3 is 2. The van der Waals surface area contributed by atoms with Crippen molar-refractivity contribution in [3.8, 4) is 23.0 Å². The van der Waals surface area contributed by atoms with E-state index in [1.54, 1.807) is 20.3 Å². The van der Waals surface area contributed by atoms with E-state index in [0.717, 1.165) is 72.1 Å². The maximum Gasteiger partial charge on any atom is 0.259 e. The minimum atomic E-state index is -0.0411. The molecule has 8 heteroatoms. The highest BCUT2D eigenvalue weighted by atomic mass is 16.7. The fraction of sp³-hybridized carbons (Fsp3) is 0.370. The third-order valence-electron chi connectivity index (χ3n) is 7.00. The number of pyridine rings is 1. The van der Waals surface area contributed by atoms with Crippen LogP contribution in [-0.2, 0) is 11.3 Å². The second-order valence-corrected chi connectivity index (χ2v) is 8.91. The SMILES string of the molecule is COc1cc2c(=O)n(CCCN3CCOCC3)c3c4cc5c(cc4ccc3c2cc1OC)OCO5. The van der Waals surface area contributed by atoms with Crippen molar-refractivity contribution in [2.24, 2.45) is 0 Å². The molecule has 0 radical (unpaired) electrons. The van der Waals surface area contributed by atoms with E-state index in [4.69, 9.17) is 23.7 Å². The van der Waals surface area contributed by atoms with Gasteiger partial charge in [-0.3, -0.25) is 9.69 Å². The second kappa shape index (κ2) is 8.94. The van der Waals surface area contributed by atoms with Crippen LogP contribution in [0.2, 0.25) is 0 Å². The van der Waals surface area contributed by atoms with Gasteiger partial charge in [0, 0.05) is 42.3 Å². The van der Waals surface area contributed by atoms with Gasteiger partial charge >= 0.3 is 0 Å². The number of aromatic nitrogens is 1. The van der Waals surface area contributed by atoms with E-state index in [0.29, 0.717) is 29.2 Å². The Kier molecular flexibility index (Phi) is 5.62. The molecule has 2 aliphatic heterocycles. The molecule has 4 aromatic rings. The fourth-order valence-corrected chi connectivity index (χ4v) is 5.22. The highest BCUT2D eigenvalue weighted by Gasteiger charge is 2.20. The molecule has 0 bridgehead atoms. The van der Waals surface area contributed by atoms with Gasteiger partial charge in [0.1, 0.15) is 0 Å². The van der Waals surface area contributed by atoms with Crippen LogP contribution in [0.4, 0.5) is 0 Å². The molecule has 0 amide bonds. The fourth-order valence-electron chi connectivity index (χ4n) is 5.22. The van der Waals surface area contributed by atoms with Crippen LogP contribution in [-0.4, -0.2) is 63.3 Å². The van der Waals surface area contributed by atoms with Crippen molar-refractivity contribution in [3.05, 3.63) is 46.8 Å². The summed E-state index contributed by atoms with van der Waals surface area (Å²) in [7, 11) is 3.19. The van der Waals surface area contributed by atoms with E-state index in [9.17, 15) is 4.79 Å². The van der Waals surface area contributed by atoms with Gasteiger partial charge in [0.25, 0.3) is 5.56 Å². The van der Waals surface area contributed by atoms with E-state index >= 15 is 0 Å². The van der Waals surface area contributed by atoms with Gasteiger partial charge in [0.2, 0.25) is 6.79 Å². The minimum absolute atomic E-state index is 0.0411. The van der Waals surface area contributed by atoms with Gasteiger partial charge in [-0.2, -0.15) is 0 Å². The van der Waals surface area contributed by atoms with Gasteiger partial charge in [0.15, 0.2) is 23.0 Å². The normalized spacial score (nSPS) is 15.8. The van der Waals surface area contributed by atoms with Crippen molar-refractivity contribution in [1.82, 2.24) is 9.47 Å². The number of fused-ring (bicyclic) bond motifs is 6. The summed E-state index contributed by atoms with van der Waals surface area (Å²) in [5, 5.41) is 4.40. The smallest absolute Gasteiger partial charge is 0.259 e. The lowest BCUT2D eigenvalue weighted by molar-refractivity contribution is 0.0369. The number of aryl methyl sites for hydroxylation is 1. The number of benzene rings is 3. The number of hydrogen-bond donors (Lipinski definition) is 0. The third-order valence-corrected chi connectivity index (χ3v) is 7.00. The largest absolute Gasteiger partial charge is 0.493 e. The molecule has 35 heavy (non-hydrogen) atoms. The van der Waals surface area contributed by atoms with E-state index in [2.05, 4.69) is 17.0 Å². The van der Waals surface area contributed by atoms with E-state index in [1.165, 1.54) is 0 Å². The Bertz CT molecular complexity index is 1490. The second-order valence-electron chi connectivity index (χ2n) is 8.91. The maximum atomic E-state index is 13.9. The molecule has 0 saturated carbocycles. The van der Waals surface area contributed by atoms with Crippen LogP contribution in [0.1, 0.15) is 6.42 Å². The van der Waals surface area contributed by atoms with Gasteiger partial charge in [-0.1, -0.05) is 12.1 Å². The molecule has 1 fully saturated rings. The van der Waals surface area contributed by atoms with Crippen LogP contribution in [0.15, 0.2) is 41.2 Å². The number of ether oxygens (including phenoxy) is 5. The number of morpholine rings is 1.